The monoisotopic (exact) mass is 374 g/mol. The molecule has 1 heterocycles. The number of hydrogen-bond acceptors (Lipinski definition) is 4. The predicted molar refractivity (Wildman–Crippen MR) is 93.8 cm³/mol. The fraction of sp³-hybridized carbons (Fsp3) is 0.353. The third-order valence-electron chi connectivity index (χ3n) is 3.93. The Hall–Kier alpha value is -1.95. The summed E-state index contributed by atoms with van der Waals surface area (Å²) in [5.41, 5.74) is 1.27. The van der Waals surface area contributed by atoms with Gasteiger partial charge in [0.15, 0.2) is 11.5 Å². The van der Waals surface area contributed by atoms with E-state index in [2.05, 4.69) is 36.8 Å². The van der Waals surface area contributed by atoms with Gasteiger partial charge in [0.1, 0.15) is 0 Å². The van der Waals surface area contributed by atoms with E-state index in [9.17, 15) is 4.79 Å². The van der Waals surface area contributed by atoms with Crippen LogP contribution in [0.1, 0.15) is 42.6 Å². The first-order chi connectivity index (χ1) is 11.2. The van der Waals surface area contributed by atoms with Gasteiger partial charge in [0, 0.05) is 16.2 Å². The molecule has 0 radical (unpaired) electrons. The number of carbonyl (C=O) groups excluding carboxylic acids is 1. The maximum atomic E-state index is 12.2. The number of benzene rings is 1. The summed E-state index contributed by atoms with van der Waals surface area (Å²) in [6.45, 7) is 0. The molecule has 2 aromatic rings. The Morgan fingerprint density at radius 1 is 1.09 bits per heavy atom. The molecule has 1 aromatic heterocycles. The fourth-order valence-corrected chi connectivity index (χ4v) is 3.14. The highest BCUT2D eigenvalue weighted by molar-refractivity contribution is 9.10. The SMILES string of the molecule is O=C(NC1CCCCC1)c1ccc(Nc2cccc(Br)c2)nn1. The number of amides is 1. The van der Waals surface area contributed by atoms with Gasteiger partial charge in [-0.2, -0.15) is 0 Å². The van der Waals surface area contributed by atoms with Crippen molar-refractivity contribution in [3.05, 3.63) is 46.6 Å². The van der Waals surface area contributed by atoms with Crippen LogP contribution in [0.15, 0.2) is 40.9 Å². The number of hydrogen-bond donors (Lipinski definition) is 2. The van der Waals surface area contributed by atoms with Crippen molar-refractivity contribution in [2.24, 2.45) is 0 Å². The molecule has 6 heteroatoms. The van der Waals surface area contributed by atoms with Crippen molar-refractivity contribution in [2.45, 2.75) is 38.1 Å². The van der Waals surface area contributed by atoms with Gasteiger partial charge < -0.3 is 10.6 Å². The standard InChI is InChI=1S/C17H19BrN4O/c18-12-5-4-8-14(11-12)19-16-10-9-15(21-22-16)17(23)20-13-6-2-1-3-7-13/h4-5,8-11,13H,1-3,6-7H2,(H,19,22)(H,20,23). The van der Waals surface area contributed by atoms with Crippen LogP contribution in [-0.4, -0.2) is 22.1 Å². The predicted octanol–water partition coefficient (Wildman–Crippen LogP) is 4.05. The third kappa shape index (κ3) is 4.51. The first kappa shape index (κ1) is 15.9. The van der Waals surface area contributed by atoms with Gasteiger partial charge in [-0.1, -0.05) is 41.3 Å². The van der Waals surface area contributed by atoms with Crippen molar-refractivity contribution in [2.75, 3.05) is 5.32 Å². The fourth-order valence-electron chi connectivity index (χ4n) is 2.74. The zero-order valence-corrected chi connectivity index (χ0v) is 14.3. The molecule has 2 N–H and O–H groups in total. The first-order valence-corrected chi connectivity index (χ1v) is 8.67. The second-order valence-electron chi connectivity index (χ2n) is 5.75. The van der Waals surface area contributed by atoms with Crippen LogP contribution >= 0.6 is 15.9 Å². The summed E-state index contributed by atoms with van der Waals surface area (Å²) >= 11 is 3.42. The van der Waals surface area contributed by atoms with E-state index in [0.717, 1.165) is 23.0 Å². The summed E-state index contributed by atoms with van der Waals surface area (Å²) in [6, 6.07) is 11.5. The molecule has 0 atom stereocenters. The average molecular weight is 375 g/mol. The molecule has 0 bridgehead atoms. The van der Waals surface area contributed by atoms with Crippen molar-refractivity contribution >= 4 is 33.3 Å². The van der Waals surface area contributed by atoms with Gasteiger partial charge >= 0.3 is 0 Å². The van der Waals surface area contributed by atoms with E-state index in [4.69, 9.17) is 0 Å². The van der Waals surface area contributed by atoms with Crippen molar-refractivity contribution < 1.29 is 4.79 Å². The maximum Gasteiger partial charge on any atom is 0.272 e. The van der Waals surface area contributed by atoms with Crippen molar-refractivity contribution in [3.63, 3.8) is 0 Å². The second-order valence-corrected chi connectivity index (χ2v) is 6.66. The molecule has 1 aliphatic carbocycles. The van der Waals surface area contributed by atoms with Gasteiger partial charge in [-0.25, -0.2) is 0 Å². The number of carbonyl (C=O) groups is 1. The molecule has 3 rings (SSSR count). The first-order valence-electron chi connectivity index (χ1n) is 7.88. The van der Waals surface area contributed by atoms with E-state index >= 15 is 0 Å². The van der Waals surface area contributed by atoms with E-state index in [0.29, 0.717) is 11.5 Å². The number of aromatic nitrogens is 2. The molecule has 0 unspecified atom stereocenters. The summed E-state index contributed by atoms with van der Waals surface area (Å²) in [7, 11) is 0. The Balaban J connectivity index is 1.61. The van der Waals surface area contributed by atoms with Crippen molar-refractivity contribution in [1.29, 1.82) is 0 Å². The van der Waals surface area contributed by atoms with E-state index in [1.54, 1.807) is 12.1 Å². The Kier molecular flexibility index (Phi) is 5.23. The summed E-state index contributed by atoms with van der Waals surface area (Å²) in [6.07, 6.45) is 5.75. The molecule has 1 saturated carbocycles. The Morgan fingerprint density at radius 2 is 1.91 bits per heavy atom. The largest absolute Gasteiger partial charge is 0.348 e. The van der Waals surface area contributed by atoms with Crippen molar-refractivity contribution in [3.8, 4) is 0 Å². The van der Waals surface area contributed by atoms with Crippen LogP contribution in [0.5, 0.6) is 0 Å². The van der Waals surface area contributed by atoms with Gasteiger partial charge in [0.2, 0.25) is 0 Å². The highest BCUT2D eigenvalue weighted by Crippen LogP contribution is 2.19. The van der Waals surface area contributed by atoms with E-state index in [1.807, 2.05) is 24.3 Å². The normalized spacial score (nSPS) is 15.2. The van der Waals surface area contributed by atoms with Crippen LogP contribution in [0, 0.1) is 0 Å². The Labute approximate surface area is 144 Å². The zero-order chi connectivity index (χ0) is 16.1. The van der Waals surface area contributed by atoms with Crippen LogP contribution in [-0.2, 0) is 0 Å². The number of anilines is 2. The number of rotatable bonds is 4. The molecular formula is C17H19BrN4O. The van der Waals surface area contributed by atoms with E-state index in [1.165, 1.54) is 19.3 Å². The molecule has 1 amide bonds. The minimum absolute atomic E-state index is 0.140. The summed E-state index contributed by atoms with van der Waals surface area (Å²) < 4.78 is 0.985. The third-order valence-corrected chi connectivity index (χ3v) is 4.43. The van der Waals surface area contributed by atoms with Gasteiger partial charge in [0.25, 0.3) is 5.91 Å². The molecule has 0 saturated heterocycles. The summed E-state index contributed by atoms with van der Waals surface area (Å²) in [4.78, 5) is 12.2. The lowest BCUT2D eigenvalue weighted by molar-refractivity contribution is 0.0921. The second kappa shape index (κ2) is 7.55. The Bertz CT molecular complexity index is 669. The Morgan fingerprint density at radius 3 is 2.61 bits per heavy atom. The zero-order valence-electron chi connectivity index (χ0n) is 12.8. The van der Waals surface area contributed by atoms with Crippen molar-refractivity contribution in [1.82, 2.24) is 15.5 Å². The minimum Gasteiger partial charge on any atom is -0.348 e. The summed E-state index contributed by atoms with van der Waals surface area (Å²) in [5, 5.41) is 14.3. The molecule has 5 nitrogen and oxygen atoms in total. The molecule has 1 aromatic carbocycles. The molecule has 1 fully saturated rings. The minimum atomic E-state index is -0.140. The molecule has 0 spiro atoms. The molecule has 0 aliphatic heterocycles. The number of nitrogens with zero attached hydrogens (tertiary/aromatic N) is 2. The highest BCUT2D eigenvalue weighted by Gasteiger charge is 2.17. The van der Waals surface area contributed by atoms with Crippen LogP contribution in [0.3, 0.4) is 0 Å². The van der Waals surface area contributed by atoms with Gasteiger partial charge in [-0.05, 0) is 43.2 Å². The molecule has 120 valence electrons. The van der Waals surface area contributed by atoms with Gasteiger partial charge in [-0.15, -0.1) is 10.2 Å². The smallest absolute Gasteiger partial charge is 0.272 e. The van der Waals surface area contributed by atoms with Gasteiger partial charge in [0.05, 0.1) is 0 Å². The lowest BCUT2D eigenvalue weighted by Crippen LogP contribution is -2.36. The maximum absolute atomic E-state index is 12.2. The quantitative estimate of drug-likeness (QED) is 0.846. The van der Waals surface area contributed by atoms with E-state index in [-0.39, 0.29) is 11.9 Å². The van der Waals surface area contributed by atoms with Crippen LogP contribution in [0.4, 0.5) is 11.5 Å². The lowest BCUT2D eigenvalue weighted by atomic mass is 9.95. The lowest BCUT2D eigenvalue weighted by Gasteiger charge is -2.22. The number of halogens is 1. The average Bonchev–Trinajstić information content (AvgIpc) is 2.56. The van der Waals surface area contributed by atoms with Crippen LogP contribution < -0.4 is 10.6 Å². The molecule has 23 heavy (non-hydrogen) atoms. The van der Waals surface area contributed by atoms with Gasteiger partial charge in [-0.3, -0.25) is 4.79 Å². The number of nitrogens with one attached hydrogen (secondary N) is 2. The van der Waals surface area contributed by atoms with Crippen LogP contribution in [0.25, 0.3) is 0 Å². The molecule has 1 aliphatic rings. The molecular weight excluding hydrogens is 356 g/mol. The van der Waals surface area contributed by atoms with E-state index < -0.39 is 0 Å². The highest BCUT2D eigenvalue weighted by atomic mass is 79.9. The van der Waals surface area contributed by atoms with Crippen LogP contribution in [0.2, 0.25) is 0 Å². The summed E-state index contributed by atoms with van der Waals surface area (Å²) in [5.74, 6) is 0.468. The topological polar surface area (TPSA) is 66.9 Å².